The zero-order valence-corrected chi connectivity index (χ0v) is 11.0. The molecule has 1 heterocycles. The van der Waals surface area contributed by atoms with E-state index in [1.807, 2.05) is 18.2 Å². The van der Waals surface area contributed by atoms with E-state index in [0.29, 0.717) is 5.69 Å². The molecule has 2 N–H and O–H groups in total. The number of hydrogen-bond donors (Lipinski definition) is 2. The Bertz CT molecular complexity index is 572. The summed E-state index contributed by atoms with van der Waals surface area (Å²) in [7, 11) is 0. The van der Waals surface area contributed by atoms with Gasteiger partial charge in [0.25, 0.3) is 5.91 Å². The van der Waals surface area contributed by atoms with Gasteiger partial charge in [-0.05, 0) is 23.8 Å². The van der Waals surface area contributed by atoms with Crippen LogP contribution in [0.15, 0.2) is 42.7 Å². The molecule has 0 saturated heterocycles. The van der Waals surface area contributed by atoms with E-state index in [-0.39, 0.29) is 17.2 Å². The quantitative estimate of drug-likeness (QED) is 0.857. The van der Waals surface area contributed by atoms with E-state index in [4.69, 9.17) is 0 Å². The van der Waals surface area contributed by atoms with Gasteiger partial charge in [0.15, 0.2) is 0 Å². The molecular formula is C13H11BrN2O2. The Kier molecular flexibility index (Phi) is 3.94. The molecule has 5 heteroatoms. The maximum atomic E-state index is 11.9. The second-order valence-electron chi connectivity index (χ2n) is 3.68. The number of halogens is 1. The summed E-state index contributed by atoms with van der Waals surface area (Å²) < 4.78 is 0. The number of carbonyl (C=O) groups is 1. The number of aromatic nitrogens is 1. The number of hydrogen-bond acceptors (Lipinski definition) is 3. The smallest absolute Gasteiger partial charge is 0.259 e. The molecule has 2 aromatic rings. The van der Waals surface area contributed by atoms with Gasteiger partial charge in [0.2, 0.25) is 0 Å². The summed E-state index contributed by atoms with van der Waals surface area (Å²) in [5.41, 5.74) is 1.95. The molecule has 0 aliphatic heterocycles. The normalized spacial score (nSPS) is 10.1. The van der Waals surface area contributed by atoms with Gasteiger partial charge < -0.3 is 10.4 Å². The molecule has 1 amide bonds. The van der Waals surface area contributed by atoms with E-state index >= 15 is 0 Å². The third-order valence-corrected chi connectivity index (χ3v) is 3.03. The van der Waals surface area contributed by atoms with E-state index in [1.54, 1.807) is 6.07 Å². The van der Waals surface area contributed by atoms with Crippen molar-refractivity contribution in [1.29, 1.82) is 0 Å². The highest BCUT2D eigenvalue weighted by Gasteiger charge is 2.10. The molecule has 0 saturated carbocycles. The molecular weight excluding hydrogens is 296 g/mol. The van der Waals surface area contributed by atoms with Crippen molar-refractivity contribution in [2.24, 2.45) is 0 Å². The van der Waals surface area contributed by atoms with Crippen molar-refractivity contribution < 1.29 is 9.90 Å². The van der Waals surface area contributed by atoms with Crippen LogP contribution in [0.25, 0.3) is 0 Å². The minimum Gasteiger partial charge on any atom is -0.505 e. The molecule has 0 bridgehead atoms. The number of anilines is 1. The number of alkyl halides is 1. The fourth-order valence-corrected chi connectivity index (χ4v) is 1.86. The fourth-order valence-electron chi connectivity index (χ4n) is 1.51. The number of aromatic hydroxyl groups is 1. The summed E-state index contributed by atoms with van der Waals surface area (Å²) >= 11 is 3.35. The molecule has 2 rings (SSSR count). The predicted molar refractivity (Wildman–Crippen MR) is 72.9 cm³/mol. The van der Waals surface area contributed by atoms with Gasteiger partial charge in [0.1, 0.15) is 5.75 Å². The number of nitrogens with zero attached hydrogens (tertiary/aromatic N) is 1. The van der Waals surface area contributed by atoms with Crippen LogP contribution in [0.1, 0.15) is 15.9 Å². The average Bonchev–Trinajstić information content (AvgIpc) is 2.39. The summed E-state index contributed by atoms with van der Waals surface area (Å²) in [5, 5.41) is 13.0. The topological polar surface area (TPSA) is 62.2 Å². The third-order valence-electron chi connectivity index (χ3n) is 2.38. The minimum atomic E-state index is -0.360. The van der Waals surface area contributed by atoms with E-state index in [0.717, 1.165) is 10.9 Å². The number of nitrogens with one attached hydrogen (secondary N) is 1. The van der Waals surface area contributed by atoms with Gasteiger partial charge in [-0.25, -0.2) is 0 Å². The lowest BCUT2D eigenvalue weighted by atomic mass is 10.2. The van der Waals surface area contributed by atoms with Crippen molar-refractivity contribution in [2.75, 3.05) is 5.32 Å². The van der Waals surface area contributed by atoms with E-state index in [9.17, 15) is 9.90 Å². The van der Waals surface area contributed by atoms with Crippen LogP contribution in [0.5, 0.6) is 5.75 Å². The molecule has 4 nitrogen and oxygen atoms in total. The maximum Gasteiger partial charge on any atom is 0.259 e. The largest absolute Gasteiger partial charge is 0.505 e. The Morgan fingerprint density at radius 3 is 2.94 bits per heavy atom. The molecule has 0 aliphatic rings. The average molecular weight is 307 g/mol. The first-order valence-corrected chi connectivity index (χ1v) is 6.42. The molecule has 0 unspecified atom stereocenters. The number of pyridine rings is 1. The van der Waals surface area contributed by atoms with E-state index in [2.05, 4.69) is 26.2 Å². The molecule has 0 spiro atoms. The molecule has 0 radical (unpaired) electrons. The van der Waals surface area contributed by atoms with Crippen molar-refractivity contribution in [3.05, 3.63) is 53.9 Å². The highest BCUT2D eigenvalue weighted by atomic mass is 79.9. The highest BCUT2D eigenvalue weighted by molar-refractivity contribution is 9.08. The molecule has 1 aromatic heterocycles. The summed E-state index contributed by atoms with van der Waals surface area (Å²) in [6.07, 6.45) is 2.70. The van der Waals surface area contributed by atoms with Crippen LogP contribution < -0.4 is 5.32 Å². The van der Waals surface area contributed by atoms with Crippen molar-refractivity contribution in [2.45, 2.75) is 5.33 Å². The monoisotopic (exact) mass is 306 g/mol. The first-order chi connectivity index (χ1) is 8.70. The standard InChI is InChI=1S/C13H11BrN2O2/c14-7-9-2-1-3-10(6-9)16-13(18)11-4-5-15-8-12(11)17/h1-6,8,17H,7H2,(H,16,18). The summed E-state index contributed by atoms with van der Waals surface area (Å²) in [5.74, 6) is -0.492. The first kappa shape index (κ1) is 12.6. The van der Waals surface area contributed by atoms with Crippen LogP contribution in [0.3, 0.4) is 0 Å². The lowest BCUT2D eigenvalue weighted by Crippen LogP contribution is -2.12. The van der Waals surface area contributed by atoms with Crippen molar-refractivity contribution in [3.63, 3.8) is 0 Å². The van der Waals surface area contributed by atoms with Crippen LogP contribution >= 0.6 is 15.9 Å². The SMILES string of the molecule is O=C(Nc1cccc(CBr)c1)c1ccncc1O. The van der Waals surface area contributed by atoms with Crippen molar-refractivity contribution in [3.8, 4) is 5.75 Å². The Morgan fingerprint density at radius 2 is 2.22 bits per heavy atom. The molecule has 0 fully saturated rings. The first-order valence-electron chi connectivity index (χ1n) is 5.30. The number of rotatable bonds is 3. The number of carbonyl (C=O) groups excluding carboxylic acids is 1. The summed E-state index contributed by atoms with van der Waals surface area (Å²) in [6.45, 7) is 0. The molecule has 1 aromatic carbocycles. The van der Waals surface area contributed by atoms with Gasteiger partial charge >= 0.3 is 0 Å². The second-order valence-corrected chi connectivity index (χ2v) is 4.24. The van der Waals surface area contributed by atoms with E-state index < -0.39 is 0 Å². The Morgan fingerprint density at radius 1 is 1.39 bits per heavy atom. The van der Waals surface area contributed by atoms with Crippen LogP contribution in [0.2, 0.25) is 0 Å². The van der Waals surface area contributed by atoms with Crippen LogP contribution in [-0.4, -0.2) is 16.0 Å². The molecule has 92 valence electrons. The molecule has 0 atom stereocenters. The Hall–Kier alpha value is -1.88. The Balaban J connectivity index is 2.19. The Labute approximate surface area is 113 Å². The zero-order valence-electron chi connectivity index (χ0n) is 9.43. The lowest BCUT2D eigenvalue weighted by molar-refractivity contribution is 0.102. The van der Waals surface area contributed by atoms with E-state index in [1.165, 1.54) is 18.5 Å². The maximum absolute atomic E-state index is 11.9. The number of amides is 1. The lowest BCUT2D eigenvalue weighted by Gasteiger charge is -2.07. The van der Waals surface area contributed by atoms with Gasteiger partial charge in [0.05, 0.1) is 11.8 Å². The van der Waals surface area contributed by atoms with Gasteiger partial charge in [-0.15, -0.1) is 0 Å². The molecule has 18 heavy (non-hydrogen) atoms. The van der Waals surface area contributed by atoms with Crippen LogP contribution in [0, 0.1) is 0 Å². The van der Waals surface area contributed by atoms with Gasteiger partial charge in [-0.1, -0.05) is 28.1 Å². The van der Waals surface area contributed by atoms with Gasteiger partial charge in [0, 0.05) is 17.2 Å². The van der Waals surface area contributed by atoms with Gasteiger partial charge in [-0.2, -0.15) is 0 Å². The summed E-state index contributed by atoms with van der Waals surface area (Å²) in [6, 6.07) is 8.94. The van der Waals surface area contributed by atoms with Gasteiger partial charge in [-0.3, -0.25) is 9.78 Å². The number of benzene rings is 1. The predicted octanol–water partition coefficient (Wildman–Crippen LogP) is 2.93. The highest BCUT2D eigenvalue weighted by Crippen LogP contribution is 2.18. The second kappa shape index (κ2) is 5.64. The molecule has 0 aliphatic carbocycles. The fraction of sp³-hybridized carbons (Fsp3) is 0.0769. The van der Waals surface area contributed by atoms with Crippen molar-refractivity contribution >= 4 is 27.5 Å². The zero-order chi connectivity index (χ0) is 13.0. The third kappa shape index (κ3) is 2.87. The summed E-state index contributed by atoms with van der Waals surface area (Å²) in [4.78, 5) is 15.6. The van der Waals surface area contributed by atoms with Crippen LogP contribution in [-0.2, 0) is 5.33 Å². The van der Waals surface area contributed by atoms with Crippen LogP contribution in [0.4, 0.5) is 5.69 Å². The minimum absolute atomic E-state index is 0.133. The van der Waals surface area contributed by atoms with Crippen molar-refractivity contribution in [1.82, 2.24) is 4.98 Å².